The lowest BCUT2D eigenvalue weighted by Crippen LogP contribution is -2.59. The van der Waals surface area contributed by atoms with E-state index in [9.17, 15) is 34.2 Å². The maximum atomic E-state index is 13.7. The van der Waals surface area contributed by atoms with Crippen molar-refractivity contribution in [2.45, 2.75) is 116 Å². The number of nitrogens with one attached hydrogen (secondary N) is 4. The molecule has 0 aliphatic carbocycles. The van der Waals surface area contributed by atoms with E-state index in [1.165, 1.54) is 11.3 Å². The van der Waals surface area contributed by atoms with E-state index < -0.39 is 66.0 Å². The Morgan fingerprint density at radius 1 is 0.932 bits per heavy atom. The fourth-order valence-corrected chi connectivity index (χ4v) is 5.34. The van der Waals surface area contributed by atoms with Gasteiger partial charge in [0.05, 0.1) is 18.2 Å². The molecule has 0 radical (unpaired) electrons. The van der Waals surface area contributed by atoms with Crippen LogP contribution in [0.5, 0.6) is 0 Å². The third-order valence-electron chi connectivity index (χ3n) is 7.38. The first-order chi connectivity index (χ1) is 20.7. The smallest absolute Gasteiger partial charge is 0.320 e. The third-order valence-corrected chi connectivity index (χ3v) is 8.28. The second kappa shape index (κ2) is 20.1. The Morgan fingerprint density at radius 3 is 2.14 bits per heavy atom. The van der Waals surface area contributed by atoms with Crippen molar-refractivity contribution in [1.82, 2.24) is 21.3 Å². The van der Waals surface area contributed by atoms with E-state index in [1.807, 2.05) is 45.2 Å². The molecule has 13 nitrogen and oxygen atoms in total. The Balaban J connectivity index is 3.15. The molecule has 9 N–H and O–H groups in total. The molecule has 3 amide bonds. The van der Waals surface area contributed by atoms with Crippen molar-refractivity contribution >= 4 is 41.0 Å². The van der Waals surface area contributed by atoms with E-state index in [2.05, 4.69) is 21.3 Å². The van der Waals surface area contributed by atoms with Crippen molar-refractivity contribution in [3.8, 4) is 0 Å². The Labute approximate surface area is 263 Å². The van der Waals surface area contributed by atoms with Crippen LogP contribution in [0.25, 0.3) is 0 Å². The maximum Gasteiger partial charge on any atom is 0.320 e. The topological polar surface area (TPSA) is 220 Å². The van der Waals surface area contributed by atoms with Crippen molar-refractivity contribution in [2.24, 2.45) is 17.6 Å². The van der Waals surface area contributed by atoms with Gasteiger partial charge in [-0.25, -0.2) is 0 Å². The van der Waals surface area contributed by atoms with Crippen LogP contribution in [0.2, 0.25) is 0 Å². The first-order valence-electron chi connectivity index (χ1n) is 15.2. The van der Waals surface area contributed by atoms with E-state index in [4.69, 9.17) is 10.8 Å². The average molecular weight is 642 g/mol. The van der Waals surface area contributed by atoms with Crippen LogP contribution in [-0.4, -0.2) is 87.8 Å². The molecule has 0 unspecified atom stereocenters. The maximum absolute atomic E-state index is 13.7. The monoisotopic (exact) mass is 641 g/mol. The summed E-state index contributed by atoms with van der Waals surface area (Å²) in [6, 6.07) is -1.12. The SMILES string of the molecule is CCC[C@H](NC[C@@H](O)[C@H](CC(C)C)NC(=O)[C@H](Cc1cccs1)NC(=O)[C@@H](NC(=O)[C@@H](N)CCC(=O)O)[C@@H](C)CC)C(=O)O. The molecule has 250 valence electrons. The first-order valence-corrected chi connectivity index (χ1v) is 16.1. The largest absolute Gasteiger partial charge is 0.481 e. The van der Waals surface area contributed by atoms with E-state index >= 15 is 0 Å². The Bertz CT molecular complexity index is 1050. The second-order valence-corrected chi connectivity index (χ2v) is 12.7. The Morgan fingerprint density at radius 2 is 1.61 bits per heavy atom. The van der Waals surface area contributed by atoms with E-state index in [-0.39, 0.29) is 37.6 Å². The molecule has 1 heterocycles. The fourth-order valence-electron chi connectivity index (χ4n) is 4.58. The summed E-state index contributed by atoms with van der Waals surface area (Å²) < 4.78 is 0. The molecule has 0 aliphatic rings. The number of aliphatic hydroxyl groups excluding tert-OH is 1. The number of hydrogen-bond acceptors (Lipinski definition) is 9. The molecule has 7 atom stereocenters. The lowest BCUT2D eigenvalue weighted by atomic mass is 9.96. The molecule has 1 rings (SSSR count). The molecule has 1 aromatic rings. The number of nitrogens with two attached hydrogens (primary N) is 1. The normalized spacial score (nSPS) is 16.2. The van der Waals surface area contributed by atoms with Crippen molar-refractivity contribution in [1.29, 1.82) is 0 Å². The second-order valence-electron chi connectivity index (χ2n) is 11.7. The number of hydrogen-bond donors (Lipinski definition) is 8. The predicted molar refractivity (Wildman–Crippen MR) is 168 cm³/mol. The van der Waals surface area contributed by atoms with Crippen molar-refractivity contribution < 1.29 is 39.3 Å². The Hall–Kier alpha value is -3.07. The summed E-state index contributed by atoms with van der Waals surface area (Å²) in [5.41, 5.74) is 5.86. The van der Waals surface area contributed by atoms with Gasteiger partial charge in [0.25, 0.3) is 0 Å². The molecule has 0 saturated heterocycles. The summed E-state index contributed by atoms with van der Waals surface area (Å²) in [7, 11) is 0. The van der Waals surface area contributed by atoms with Crippen LogP contribution < -0.4 is 27.0 Å². The number of thiophene rings is 1. The number of aliphatic carboxylic acids is 2. The van der Waals surface area contributed by atoms with Gasteiger partial charge >= 0.3 is 11.9 Å². The van der Waals surface area contributed by atoms with Crippen LogP contribution in [-0.2, 0) is 30.4 Å². The predicted octanol–water partition coefficient (Wildman–Crippen LogP) is 1.23. The number of carbonyl (C=O) groups excluding carboxylic acids is 3. The minimum absolute atomic E-state index is 0.0547. The van der Waals surface area contributed by atoms with Crippen LogP contribution in [0.4, 0.5) is 0 Å². The van der Waals surface area contributed by atoms with Gasteiger partial charge in [0.1, 0.15) is 18.1 Å². The number of rotatable bonds is 22. The Kier molecular flexibility index (Phi) is 17.8. The number of aliphatic hydroxyl groups is 1. The molecule has 1 aromatic heterocycles. The van der Waals surface area contributed by atoms with Crippen LogP contribution in [0, 0.1) is 11.8 Å². The summed E-state index contributed by atoms with van der Waals surface area (Å²) in [4.78, 5) is 63.2. The lowest BCUT2D eigenvalue weighted by Gasteiger charge is -2.30. The van der Waals surface area contributed by atoms with Gasteiger partial charge in [0.15, 0.2) is 0 Å². The van der Waals surface area contributed by atoms with Crippen LogP contribution in [0.15, 0.2) is 17.5 Å². The van der Waals surface area contributed by atoms with Gasteiger partial charge in [-0.15, -0.1) is 11.3 Å². The number of carboxylic acids is 2. The summed E-state index contributed by atoms with van der Waals surface area (Å²) in [5.74, 6) is -4.15. The van der Waals surface area contributed by atoms with Gasteiger partial charge in [0, 0.05) is 24.3 Å². The molecule has 0 bridgehead atoms. The molecular formula is C30H51N5O8S. The van der Waals surface area contributed by atoms with Crippen molar-refractivity contribution in [3.63, 3.8) is 0 Å². The standard InChI is InChI=1S/C30H51N5O8S/c1-6-9-21(30(42)43)32-16-24(36)22(14-17(3)4)33-28(40)23(15-19-10-8-13-44-19)34-29(41)26(18(5)7-2)35-27(39)20(31)11-12-25(37)38/h8,10,13,17-18,20-24,26,32,36H,6-7,9,11-12,14-16,31H2,1-5H3,(H,33,40)(H,34,41)(H,35,39)(H,37,38)(H,42,43)/t18-,20-,21-,22-,23-,24+,26-/m0/s1. The van der Waals surface area contributed by atoms with E-state index in [1.54, 1.807) is 6.92 Å². The molecule has 44 heavy (non-hydrogen) atoms. The summed E-state index contributed by atoms with van der Waals surface area (Å²) in [6.45, 7) is 9.29. The van der Waals surface area contributed by atoms with Gasteiger partial charge in [-0.1, -0.05) is 53.5 Å². The van der Waals surface area contributed by atoms with Crippen LogP contribution in [0.1, 0.15) is 78.0 Å². The molecule has 0 saturated carbocycles. The molecule has 0 spiro atoms. The van der Waals surface area contributed by atoms with Gasteiger partial charge in [0.2, 0.25) is 17.7 Å². The average Bonchev–Trinajstić information content (AvgIpc) is 3.47. The number of amides is 3. The van der Waals surface area contributed by atoms with Crippen molar-refractivity contribution in [2.75, 3.05) is 6.54 Å². The highest BCUT2D eigenvalue weighted by Crippen LogP contribution is 2.15. The van der Waals surface area contributed by atoms with Crippen molar-refractivity contribution in [3.05, 3.63) is 22.4 Å². The van der Waals surface area contributed by atoms with Crippen LogP contribution >= 0.6 is 11.3 Å². The van der Waals surface area contributed by atoms with E-state index in [0.29, 0.717) is 25.7 Å². The summed E-state index contributed by atoms with van der Waals surface area (Å²) in [6.07, 6.45) is 0.618. The number of carboxylic acid groups (broad SMARTS) is 2. The zero-order valence-corrected chi connectivity index (χ0v) is 27.2. The minimum Gasteiger partial charge on any atom is -0.481 e. The first kappa shape index (κ1) is 39.0. The van der Waals surface area contributed by atoms with Gasteiger partial charge in [-0.05, 0) is 42.5 Å². The summed E-state index contributed by atoms with van der Waals surface area (Å²) >= 11 is 1.41. The quantitative estimate of drug-likeness (QED) is 0.0905. The molecular weight excluding hydrogens is 590 g/mol. The highest BCUT2D eigenvalue weighted by molar-refractivity contribution is 7.09. The molecule has 14 heteroatoms. The van der Waals surface area contributed by atoms with Gasteiger partial charge in [-0.3, -0.25) is 24.0 Å². The summed E-state index contributed by atoms with van der Waals surface area (Å²) in [5, 5.41) is 42.3. The highest BCUT2D eigenvalue weighted by Gasteiger charge is 2.33. The minimum atomic E-state index is -1.12. The number of carbonyl (C=O) groups is 5. The molecule has 0 fully saturated rings. The molecule has 0 aromatic carbocycles. The zero-order chi connectivity index (χ0) is 33.4. The zero-order valence-electron chi connectivity index (χ0n) is 26.4. The van der Waals surface area contributed by atoms with Gasteiger partial charge in [-0.2, -0.15) is 0 Å². The lowest BCUT2D eigenvalue weighted by molar-refractivity contribution is -0.140. The third kappa shape index (κ3) is 14.1. The van der Waals surface area contributed by atoms with Gasteiger partial charge < -0.3 is 42.3 Å². The van der Waals surface area contributed by atoms with Crippen LogP contribution in [0.3, 0.4) is 0 Å². The van der Waals surface area contributed by atoms with E-state index in [0.717, 1.165) is 4.88 Å². The highest BCUT2D eigenvalue weighted by atomic mass is 32.1. The fraction of sp³-hybridized carbons (Fsp3) is 0.700. The molecule has 0 aliphatic heterocycles.